The van der Waals surface area contributed by atoms with Gasteiger partial charge in [-0.25, -0.2) is 0 Å². The summed E-state index contributed by atoms with van der Waals surface area (Å²) < 4.78 is 5.41. The smallest absolute Gasteiger partial charge is 0.322 e. The zero-order valence-corrected chi connectivity index (χ0v) is 12.1. The molecule has 2 aliphatic heterocycles. The first-order valence-corrected chi connectivity index (χ1v) is 7.30. The van der Waals surface area contributed by atoms with E-state index in [-0.39, 0.29) is 11.4 Å². The minimum Gasteiger partial charge on any atom is -0.426 e. The van der Waals surface area contributed by atoms with Crippen molar-refractivity contribution >= 4 is 5.97 Å². The highest BCUT2D eigenvalue weighted by Gasteiger charge is 2.50. The number of piperidine rings is 1. The third-order valence-corrected chi connectivity index (χ3v) is 4.15. The highest BCUT2D eigenvalue weighted by atomic mass is 16.5. The SMILES string of the molecule is CC.CCN1CCC2(CC1)C(=O)Oc1ccccc12. The van der Waals surface area contributed by atoms with E-state index in [1.165, 1.54) is 0 Å². The van der Waals surface area contributed by atoms with Crippen molar-refractivity contribution in [1.82, 2.24) is 4.90 Å². The van der Waals surface area contributed by atoms with Crippen molar-refractivity contribution in [2.45, 2.75) is 39.0 Å². The van der Waals surface area contributed by atoms with E-state index in [1.807, 2.05) is 38.1 Å². The van der Waals surface area contributed by atoms with Gasteiger partial charge in [0.05, 0.1) is 5.41 Å². The second-order valence-corrected chi connectivity index (χ2v) is 4.90. The Morgan fingerprint density at radius 3 is 2.47 bits per heavy atom. The lowest BCUT2D eigenvalue weighted by Crippen LogP contribution is -2.46. The number of nitrogens with zero attached hydrogens (tertiary/aromatic N) is 1. The zero-order chi connectivity index (χ0) is 13.9. The van der Waals surface area contributed by atoms with Crippen LogP contribution in [0.1, 0.15) is 39.2 Å². The number of hydrogen-bond donors (Lipinski definition) is 0. The average molecular weight is 261 g/mol. The van der Waals surface area contributed by atoms with E-state index in [2.05, 4.69) is 11.8 Å². The summed E-state index contributed by atoms with van der Waals surface area (Å²) in [5.74, 6) is 0.719. The molecule has 0 radical (unpaired) electrons. The van der Waals surface area contributed by atoms with Gasteiger partial charge in [0.1, 0.15) is 5.75 Å². The Balaban J connectivity index is 0.000000637. The maximum Gasteiger partial charge on any atom is 0.322 e. The fourth-order valence-corrected chi connectivity index (χ4v) is 2.98. The number of esters is 1. The van der Waals surface area contributed by atoms with Gasteiger partial charge in [-0.15, -0.1) is 0 Å². The van der Waals surface area contributed by atoms with Crippen molar-refractivity contribution in [3.8, 4) is 5.75 Å². The van der Waals surface area contributed by atoms with Crippen LogP contribution in [0.25, 0.3) is 0 Å². The van der Waals surface area contributed by atoms with E-state index in [1.54, 1.807) is 0 Å². The van der Waals surface area contributed by atoms with Gasteiger partial charge < -0.3 is 9.64 Å². The Bertz CT molecular complexity index is 448. The molecule has 1 fully saturated rings. The van der Waals surface area contributed by atoms with Crippen LogP contribution in [0.4, 0.5) is 0 Å². The summed E-state index contributed by atoms with van der Waals surface area (Å²) in [5.41, 5.74) is 0.739. The first-order valence-electron chi connectivity index (χ1n) is 7.30. The van der Waals surface area contributed by atoms with Crippen LogP contribution in [0.3, 0.4) is 0 Å². The molecule has 2 heterocycles. The van der Waals surface area contributed by atoms with Crippen molar-refractivity contribution in [2.24, 2.45) is 0 Å². The molecule has 19 heavy (non-hydrogen) atoms. The van der Waals surface area contributed by atoms with E-state index < -0.39 is 0 Å². The normalized spacial score (nSPS) is 20.5. The molecule has 104 valence electrons. The van der Waals surface area contributed by atoms with Crippen molar-refractivity contribution in [3.63, 3.8) is 0 Å². The molecule has 0 aliphatic carbocycles. The van der Waals surface area contributed by atoms with E-state index in [4.69, 9.17) is 4.74 Å². The number of rotatable bonds is 1. The zero-order valence-electron chi connectivity index (χ0n) is 12.1. The summed E-state index contributed by atoms with van der Waals surface area (Å²) in [6.07, 6.45) is 1.77. The standard InChI is InChI=1S/C14H17NO2.C2H6/c1-2-15-9-7-14(8-10-15)11-5-3-4-6-12(11)17-13(14)16;1-2/h3-6H,2,7-10H2,1H3;1-2H3. The van der Waals surface area contributed by atoms with Crippen molar-refractivity contribution in [3.05, 3.63) is 29.8 Å². The monoisotopic (exact) mass is 261 g/mol. The average Bonchev–Trinajstić information content (AvgIpc) is 2.75. The molecule has 1 spiro atoms. The molecule has 3 rings (SSSR count). The minimum absolute atomic E-state index is 0.0468. The van der Waals surface area contributed by atoms with Crippen LogP contribution in [0.5, 0.6) is 5.75 Å². The quantitative estimate of drug-likeness (QED) is 0.575. The number of carbonyl (C=O) groups is 1. The minimum atomic E-state index is -0.359. The molecule has 1 aromatic rings. The van der Waals surface area contributed by atoms with Gasteiger partial charge in [0.15, 0.2) is 0 Å². The van der Waals surface area contributed by atoms with Gasteiger partial charge in [-0.1, -0.05) is 39.0 Å². The first kappa shape index (κ1) is 14.1. The largest absolute Gasteiger partial charge is 0.426 e. The highest BCUT2D eigenvalue weighted by molar-refractivity contribution is 5.90. The summed E-state index contributed by atoms with van der Waals surface area (Å²) >= 11 is 0. The fourth-order valence-electron chi connectivity index (χ4n) is 2.98. The van der Waals surface area contributed by atoms with Gasteiger partial charge in [0.25, 0.3) is 0 Å². The van der Waals surface area contributed by atoms with Crippen molar-refractivity contribution in [1.29, 1.82) is 0 Å². The van der Waals surface area contributed by atoms with E-state index in [9.17, 15) is 4.79 Å². The lowest BCUT2D eigenvalue weighted by molar-refractivity contribution is -0.140. The molecule has 0 aromatic heterocycles. The predicted octanol–water partition coefficient (Wildman–Crippen LogP) is 2.99. The van der Waals surface area contributed by atoms with E-state index in [0.717, 1.165) is 43.8 Å². The molecule has 3 heteroatoms. The molecule has 3 nitrogen and oxygen atoms in total. The molecule has 2 aliphatic rings. The number of para-hydroxylation sites is 1. The highest BCUT2D eigenvalue weighted by Crippen LogP contribution is 2.46. The van der Waals surface area contributed by atoms with Gasteiger partial charge in [-0.3, -0.25) is 4.79 Å². The third kappa shape index (κ3) is 2.27. The van der Waals surface area contributed by atoms with E-state index >= 15 is 0 Å². The third-order valence-electron chi connectivity index (χ3n) is 4.15. The molecule has 0 bridgehead atoms. The maximum absolute atomic E-state index is 12.2. The van der Waals surface area contributed by atoms with Crippen LogP contribution < -0.4 is 4.74 Å². The van der Waals surface area contributed by atoms with Gasteiger partial charge in [0.2, 0.25) is 0 Å². The summed E-state index contributed by atoms with van der Waals surface area (Å²) in [4.78, 5) is 14.6. The van der Waals surface area contributed by atoms with Crippen LogP contribution in [0, 0.1) is 0 Å². The Morgan fingerprint density at radius 1 is 1.21 bits per heavy atom. The molecule has 1 saturated heterocycles. The second kappa shape index (κ2) is 5.74. The second-order valence-electron chi connectivity index (χ2n) is 4.90. The van der Waals surface area contributed by atoms with Crippen molar-refractivity contribution < 1.29 is 9.53 Å². The van der Waals surface area contributed by atoms with Crippen LogP contribution in [-0.2, 0) is 10.2 Å². The Morgan fingerprint density at radius 2 is 1.84 bits per heavy atom. The summed E-state index contributed by atoms with van der Waals surface area (Å²) in [5, 5.41) is 0. The van der Waals surface area contributed by atoms with Crippen LogP contribution in [0.2, 0.25) is 0 Å². The Hall–Kier alpha value is -1.35. The predicted molar refractivity (Wildman–Crippen MR) is 76.5 cm³/mol. The number of carbonyl (C=O) groups excluding carboxylic acids is 1. The maximum atomic E-state index is 12.2. The van der Waals surface area contributed by atoms with Gasteiger partial charge in [0, 0.05) is 5.56 Å². The number of ether oxygens (including phenoxy) is 1. The molecule has 0 atom stereocenters. The molecule has 0 N–H and O–H groups in total. The van der Waals surface area contributed by atoms with Gasteiger partial charge in [-0.05, 0) is 38.5 Å². The summed E-state index contributed by atoms with van der Waals surface area (Å²) in [6, 6.07) is 7.86. The van der Waals surface area contributed by atoms with Crippen LogP contribution in [-0.4, -0.2) is 30.5 Å². The lowest BCUT2D eigenvalue weighted by Gasteiger charge is -2.36. The molecular formula is C16H23NO2. The number of benzene rings is 1. The summed E-state index contributed by atoms with van der Waals surface area (Å²) in [7, 11) is 0. The van der Waals surface area contributed by atoms with Gasteiger partial charge in [-0.2, -0.15) is 0 Å². The van der Waals surface area contributed by atoms with E-state index in [0.29, 0.717) is 0 Å². The number of likely N-dealkylation sites (tertiary alicyclic amines) is 1. The molecule has 0 saturated carbocycles. The molecule has 1 aromatic carbocycles. The van der Waals surface area contributed by atoms with Gasteiger partial charge >= 0.3 is 5.97 Å². The van der Waals surface area contributed by atoms with Crippen molar-refractivity contribution in [2.75, 3.05) is 19.6 Å². The molecule has 0 amide bonds. The molecular weight excluding hydrogens is 238 g/mol. The van der Waals surface area contributed by atoms with Crippen LogP contribution >= 0.6 is 0 Å². The van der Waals surface area contributed by atoms with Crippen LogP contribution in [0.15, 0.2) is 24.3 Å². The number of fused-ring (bicyclic) bond motifs is 2. The lowest BCUT2D eigenvalue weighted by atomic mass is 9.74. The summed E-state index contributed by atoms with van der Waals surface area (Å²) in [6.45, 7) is 9.20. The first-order chi connectivity index (χ1) is 9.26. The number of hydrogen-bond acceptors (Lipinski definition) is 3. The molecule has 0 unspecified atom stereocenters. The fraction of sp³-hybridized carbons (Fsp3) is 0.562. The Labute approximate surface area is 115 Å². The Kier molecular flexibility index (Phi) is 4.25. The topological polar surface area (TPSA) is 29.5 Å².